The first-order chi connectivity index (χ1) is 4.93. The van der Waals surface area contributed by atoms with Crippen LogP contribution in [0.5, 0.6) is 0 Å². The van der Waals surface area contributed by atoms with Gasteiger partial charge in [0.1, 0.15) is 0 Å². The number of fused-ring (bicyclic) bond motifs is 3. The Bertz CT molecular complexity index is 245. The molecule has 3 atom stereocenters. The molecule has 1 spiro atoms. The van der Waals surface area contributed by atoms with Crippen LogP contribution < -0.4 is 0 Å². The van der Waals surface area contributed by atoms with Crippen molar-refractivity contribution in [2.45, 2.75) is 25.7 Å². The summed E-state index contributed by atoms with van der Waals surface area (Å²) in [4.78, 5) is 0. The predicted octanol–water partition coefficient (Wildman–Crippen LogP) is 2.36. The van der Waals surface area contributed by atoms with E-state index in [1.165, 1.54) is 18.8 Å². The fourth-order valence-electron chi connectivity index (χ4n) is 3.91. The van der Waals surface area contributed by atoms with Gasteiger partial charge in [-0.1, -0.05) is 11.6 Å². The lowest BCUT2D eigenvalue weighted by atomic mass is 9.68. The lowest BCUT2D eigenvalue weighted by molar-refractivity contribution is 0.117. The van der Waals surface area contributed by atoms with Gasteiger partial charge in [-0.05, 0) is 48.9 Å². The van der Waals surface area contributed by atoms with E-state index in [0.717, 1.165) is 17.3 Å². The summed E-state index contributed by atoms with van der Waals surface area (Å²) in [5.74, 6) is 3.45. The number of hydrogen-bond donors (Lipinski definition) is 0. The van der Waals surface area contributed by atoms with E-state index < -0.39 is 0 Å². The Labute approximate surface area is 61.3 Å². The maximum absolute atomic E-state index is 2.54. The van der Waals surface area contributed by atoms with E-state index in [0.29, 0.717) is 0 Å². The lowest BCUT2D eigenvalue weighted by Gasteiger charge is -2.35. The van der Waals surface area contributed by atoms with Gasteiger partial charge >= 0.3 is 0 Å². The van der Waals surface area contributed by atoms with Gasteiger partial charge in [0.2, 0.25) is 0 Å². The smallest absolute Gasteiger partial charge is 0.00720 e. The van der Waals surface area contributed by atoms with E-state index in [1.54, 1.807) is 12.8 Å². The summed E-state index contributed by atoms with van der Waals surface area (Å²) in [5, 5.41) is 0. The van der Waals surface area contributed by atoms with Gasteiger partial charge in [0.15, 0.2) is 0 Å². The van der Waals surface area contributed by atoms with Crippen LogP contribution in [-0.4, -0.2) is 0 Å². The molecule has 0 amide bonds. The molecule has 10 heavy (non-hydrogen) atoms. The van der Waals surface area contributed by atoms with Crippen LogP contribution >= 0.6 is 0 Å². The van der Waals surface area contributed by atoms with Gasteiger partial charge in [-0.25, -0.2) is 0 Å². The van der Waals surface area contributed by atoms with Crippen LogP contribution in [0.25, 0.3) is 0 Å². The van der Waals surface area contributed by atoms with Crippen molar-refractivity contribution in [1.29, 1.82) is 0 Å². The van der Waals surface area contributed by atoms with Crippen molar-refractivity contribution in [2.24, 2.45) is 23.2 Å². The van der Waals surface area contributed by atoms with Crippen LogP contribution in [0.3, 0.4) is 0 Å². The average molecular weight is 132 g/mol. The topological polar surface area (TPSA) is 0 Å². The molecule has 3 fully saturated rings. The van der Waals surface area contributed by atoms with E-state index in [-0.39, 0.29) is 0 Å². The Balaban J connectivity index is 1.92. The SMILES string of the molecule is C1=C2C3C(CC1)C1(CC1)C23. The molecule has 0 N–H and O–H groups in total. The van der Waals surface area contributed by atoms with Gasteiger partial charge in [-0.3, -0.25) is 0 Å². The van der Waals surface area contributed by atoms with Crippen molar-refractivity contribution in [3.63, 3.8) is 0 Å². The van der Waals surface area contributed by atoms with Crippen molar-refractivity contribution in [1.82, 2.24) is 0 Å². The second-order valence-corrected chi connectivity index (χ2v) is 4.62. The highest BCUT2D eigenvalue weighted by Gasteiger charge is 2.78. The van der Waals surface area contributed by atoms with Gasteiger partial charge in [0.05, 0.1) is 0 Å². The Morgan fingerprint density at radius 1 is 1.40 bits per heavy atom. The zero-order valence-electron chi connectivity index (χ0n) is 6.14. The third-order valence-corrected chi connectivity index (χ3v) is 4.47. The van der Waals surface area contributed by atoms with Crippen LogP contribution in [0.2, 0.25) is 0 Å². The summed E-state index contributed by atoms with van der Waals surface area (Å²) in [6.45, 7) is 0. The van der Waals surface area contributed by atoms with Crippen molar-refractivity contribution >= 4 is 0 Å². The molecule has 0 saturated heterocycles. The maximum atomic E-state index is 2.54. The third kappa shape index (κ3) is 0.260. The molecule has 0 aromatic heterocycles. The number of allylic oxidation sites excluding steroid dienone is 2. The predicted molar refractivity (Wildman–Crippen MR) is 39.5 cm³/mol. The molecule has 52 valence electrons. The highest BCUT2D eigenvalue weighted by molar-refractivity contribution is 5.48. The van der Waals surface area contributed by atoms with Gasteiger partial charge < -0.3 is 0 Å². The molecule has 4 rings (SSSR count). The number of rotatable bonds is 0. The van der Waals surface area contributed by atoms with Gasteiger partial charge in [-0.2, -0.15) is 0 Å². The van der Waals surface area contributed by atoms with Crippen molar-refractivity contribution < 1.29 is 0 Å². The molecule has 0 heterocycles. The molecule has 4 aliphatic rings. The average Bonchev–Trinajstić information content (AvgIpc) is 2.82. The molecule has 3 unspecified atom stereocenters. The standard InChI is InChI=1S/C10H12/c1-2-6-8-7(3-1)10(4-5-10)9(6)8/h2,7-9H,1,3-5H2. The van der Waals surface area contributed by atoms with Crippen LogP contribution in [0.4, 0.5) is 0 Å². The first-order valence-corrected chi connectivity index (χ1v) is 4.63. The molecule has 0 heteroatoms. The normalized spacial score (nSPS) is 56.8. The molecular formula is C10H12. The van der Waals surface area contributed by atoms with Crippen molar-refractivity contribution in [3.05, 3.63) is 11.6 Å². The second-order valence-electron chi connectivity index (χ2n) is 4.62. The van der Waals surface area contributed by atoms with Crippen LogP contribution in [0, 0.1) is 23.2 Å². The van der Waals surface area contributed by atoms with Crippen molar-refractivity contribution in [2.75, 3.05) is 0 Å². The molecule has 0 aromatic rings. The molecule has 0 aromatic carbocycles. The van der Waals surface area contributed by atoms with E-state index >= 15 is 0 Å². The minimum absolute atomic E-state index is 0.938. The first kappa shape index (κ1) is 4.58. The fraction of sp³-hybridized carbons (Fsp3) is 0.800. The lowest BCUT2D eigenvalue weighted by Crippen LogP contribution is -2.31. The second kappa shape index (κ2) is 1.01. The molecule has 0 bridgehead atoms. The summed E-state index contributed by atoms with van der Waals surface area (Å²) in [6, 6.07) is 0. The van der Waals surface area contributed by atoms with Gasteiger partial charge in [0, 0.05) is 0 Å². The Morgan fingerprint density at radius 2 is 2.30 bits per heavy atom. The zero-order chi connectivity index (χ0) is 6.34. The van der Waals surface area contributed by atoms with Crippen LogP contribution in [0.15, 0.2) is 11.6 Å². The van der Waals surface area contributed by atoms with E-state index in [2.05, 4.69) is 6.08 Å². The highest BCUT2D eigenvalue weighted by atomic mass is 14.8. The Kier molecular flexibility index (Phi) is 0.464. The Hall–Kier alpha value is -0.260. The van der Waals surface area contributed by atoms with Crippen LogP contribution in [-0.2, 0) is 0 Å². The highest BCUT2D eigenvalue weighted by Crippen LogP contribution is 2.85. The van der Waals surface area contributed by atoms with Gasteiger partial charge in [-0.15, -0.1) is 0 Å². The summed E-state index contributed by atoms with van der Waals surface area (Å²) < 4.78 is 0. The molecule has 0 aliphatic heterocycles. The molecule has 0 radical (unpaired) electrons. The summed E-state index contributed by atoms with van der Waals surface area (Å²) in [7, 11) is 0. The maximum Gasteiger partial charge on any atom is -0.00720 e. The minimum Gasteiger partial charge on any atom is -0.0847 e. The monoisotopic (exact) mass is 132 g/mol. The number of hydrogen-bond acceptors (Lipinski definition) is 0. The summed E-state index contributed by atoms with van der Waals surface area (Å²) in [5.41, 5.74) is 2.82. The van der Waals surface area contributed by atoms with Crippen molar-refractivity contribution in [3.8, 4) is 0 Å². The summed E-state index contributed by atoms with van der Waals surface area (Å²) in [6.07, 6.45) is 8.64. The third-order valence-electron chi connectivity index (χ3n) is 4.47. The van der Waals surface area contributed by atoms with E-state index in [1.807, 2.05) is 5.57 Å². The molecule has 3 saturated carbocycles. The van der Waals surface area contributed by atoms with E-state index in [9.17, 15) is 0 Å². The zero-order valence-corrected chi connectivity index (χ0v) is 6.14. The largest absolute Gasteiger partial charge is 0.0847 e. The Morgan fingerprint density at radius 3 is 3.00 bits per heavy atom. The molecule has 0 nitrogen and oxygen atoms in total. The van der Waals surface area contributed by atoms with Crippen LogP contribution in [0.1, 0.15) is 25.7 Å². The van der Waals surface area contributed by atoms with E-state index in [4.69, 9.17) is 0 Å². The molecule has 4 aliphatic carbocycles. The minimum atomic E-state index is 0.938. The molecular weight excluding hydrogens is 120 g/mol. The van der Waals surface area contributed by atoms with Gasteiger partial charge in [0.25, 0.3) is 0 Å². The first-order valence-electron chi connectivity index (χ1n) is 4.63. The fourth-order valence-corrected chi connectivity index (χ4v) is 3.91. The summed E-state index contributed by atoms with van der Waals surface area (Å²) >= 11 is 0. The quantitative estimate of drug-likeness (QED) is 0.444.